The topological polar surface area (TPSA) is 0 Å². The molecule has 2 aliphatic carbocycles. The fourth-order valence-electron chi connectivity index (χ4n) is 7.49. The molecular formula is C45H54Cl2Zr. The zero-order valence-electron chi connectivity index (χ0n) is 30.6. The number of hydrogen-bond donors (Lipinski definition) is 0. The van der Waals surface area contributed by atoms with E-state index in [0.29, 0.717) is 3.63 Å². The van der Waals surface area contributed by atoms with E-state index in [0.717, 1.165) is 6.42 Å². The summed E-state index contributed by atoms with van der Waals surface area (Å²) < 4.78 is 2.05. The number of hydrogen-bond acceptors (Lipinski definition) is 0. The van der Waals surface area contributed by atoms with E-state index in [9.17, 15) is 0 Å². The molecule has 4 aromatic carbocycles. The summed E-state index contributed by atoms with van der Waals surface area (Å²) in [6.45, 7) is 23.8. The van der Waals surface area contributed by atoms with Crippen molar-refractivity contribution < 1.29 is 21.3 Å². The Morgan fingerprint density at radius 3 is 1.40 bits per heavy atom. The average molecular weight is 757 g/mol. The van der Waals surface area contributed by atoms with Gasteiger partial charge in [-0.3, -0.25) is 0 Å². The van der Waals surface area contributed by atoms with E-state index in [1.54, 1.807) is 14.3 Å². The Balaban J connectivity index is 0.00000260. The molecule has 0 aliphatic heterocycles. The van der Waals surface area contributed by atoms with Gasteiger partial charge >= 0.3 is 288 Å². The summed E-state index contributed by atoms with van der Waals surface area (Å²) in [6, 6.07) is 37.8. The van der Waals surface area contributed by atoms with E-state index in [1.165, 1.54) is 39.0 Å². The molecule has 3 heteroatoms. The van der Waals surface area contributed by atoms with Gasteiger partial charge in [0.1, 0.15) is 0 Å². The standard InChI is InChI=1S/C21H25.C13H10.C11H17.2ClH.Zr/c1-20(2,3)16-7-9-18-14(12-16)11-15-13-17(21(4,5)6)8-10-19(15)18;1-3-7-12(8-4-1)11-13-9-5-2-6-10-13;1-5-9-6-7-10(8-9)11(2,3)4;;;/h7-13H,1-6H3;1-10H;6-8H,5H2,1-4H3;2*1H;. The minimum atomic E-state index is -2.94. The van der Waals surface area contributed by atoms with Crippen LogP contribution in [0.15, 0.2) is 121 Å². The zero-order valence-corrected chi connectivity index (χ0v) is 34.7. The minimum absolute atomic E-state index is 0. The van der Waals surface area contributed by atoms with Crippen LogP contribution >= 0.6 is 24.8 Å². The minimum Gasteiger partial charge on any atom is -0.147 e. The molecule has 2 aliphatic rings. The van der Waals surface area contributed by atoms with Crippen molar-refractivity contribution >= 4 is 28.0 Å². The number of benzene rings is 4. The molecule has 0 fully saturated rings. The molecule has 48 heavy (non-hydrogen) atoms. The van der Waals surface area contributed by atoms with Gasteiger partial charge in [0, 0.05) is 0 Å². The quantitative estimate of drug-likeness (QED) is 0.190. The number of halogens is 2. The van der Waals surface area contributed by atoms with E-state index in [4.69, 9.17) is 0 Å². The van der Waals surface area contributed by atoms with Crippen LogP contribution in [0.3, 0.4) is 0 Å². The first kappa shape index (κ1) is 38.5. The fourth-order valence-corrected chi connectivity index (χ4v) is 18.1. The monoisotopic (exact) mass is 754 g/mol. The van der Waals surface area contributed by atoms with Crippen LogP contribution in [0, 0.1) is 5.41 Å². The molecule has 4 aromatic rings. The molecule has 1 atom stereocenters. The molecule has 0 amide bonds. The molecule has 0 heterocycles. The summed E-state index contributed by atoms with van der Waals surface area (Å²) in [5.41, 5.74) is 13.4. The Morgan fingerprint density at radius 2 is 1.04 bits per heavy atom. The summed E-state index contributed by atoms with van der Waals surface area (Å²) in [5, 5.41) is 0. The van der Waals surface area contributed by atoms with Crippen molar-refractivity contribution in [2.75, 3.05) is 0 Å². The second kappa shape index (κ2) is 14.1. The van der Waals surface area contributed by atoms with Gasteiger partial charge < -0.3 is 0 Å². The van der Waals surface area contributed by atoms with Crippen LogP contribution in [0.5, 0.6) is 0 Å². The molecule has 0 spiro atoms. The van der Waals surface area contributed by atoms with E-state index in [2.05, 4.69) is 185 Å². The molecule has 0 bridgehead atoms. The molecule has 6 rings (SSSR count). The molecule has 0 N–H and O–H groups in total. The van der Waals surface area contributed by atoms with Gasteiger partial charge in [-0.15, -0.1) is 24.8 Å². The first-order valence-electron chi connectivity index (χ1n) is 17.2. The van der Waals surface area contributed by atoms with Crippen LogP contribution < -0.4 is 0 Å². The Bertz CT molecular complexity index is 1750. The van der Waals surface area contributed by atoms with Gasteiger partial charge in [-0.25, -0.2) is 0 Å². The van der Waals surface area contributed by atoms with Gasteiger partial charge in [-0.2, -0.15) is 0 Å². The van der Waals surface area contributed by atoms with Crippen LogP contribution in [-0.4, -0.2) is 3.21 Å². The number of allylic oxidation sites excluding steroid dienone is 4. The zero-order chi connectivity index (χ0) is 33.1. The molecular weight excluding hydrogens is 703 g/mol. The first-order valence-corrected chi connectivity index (χ1v) is 21.1. The Kier molecular flexibility index (Phi) is 11.3. The van der Waals surface area contributed by atoms with Gasteiger partial charge in [0.05, 0.1) is 0 Å². The van der Waals surface area contributed by atoms with Crippen molar-refractivity contribution in [3.05, 3.63) is 154 Å². The van der Waals surface area contributed by atoms with E-state index in [-0.39, 0.29) is 44.2 Å². The first-order chi connectivity index (χ1) is 21.6. The van der Waals surface area contributed by atoms with Gasteiger partial charge in [0.2, 0.25) is 0 Å². The molecule has 1 unspecified atom stereocenters. The SMILES string of the molecule is CC[C]1([Zr](=[C](c2ccccc2)c2ccccc2)[CH]2c3cc(C(C)(C)C)ccc3-c3ccc(C(C)(C)C)cc32)C=CC(C(C)(C)C)=C1.Cl.Cl. The van der Waals surface area contributed by atoms with Gasteiger partial charge in [0.15, 0.2) is 0 Å². The van der Waals surface area contributed by atoms with Crippen LogP contribution in [0.1, 0.15) is 113 Å². The summed E-state index contributed by atoms with van der Waals surface area (Å²) in [4.78, 5) is 0. The third-order valence-electron chi connectivity index (χ3n) is 10.4. The normalized spacial score (nSPS) is 17.2. The van der Waals surface area contributed by atoms with E-state index < -0.39 is 21.3 Å². The van der Waals surface area contributed by atoms with Crippen molar-refractivity contribution in [3.8, 4) is 11.1 Å². The predicted molar refractivity (Wildman–Crippen MR) is 211 cm³/mol. The maximum atomic E-state index is 2.74. The molecule has 252 valence electrons. The maximum Gasteiger partial charge on any atom is -0.147 e. The fraction of sp³-hybridized carbons (Fsp3) is 0.356. The molecule has 0 saturated carbocycles. The summed E-state index contributed by atoms with van der Waals surface area (Å²) in [6.07, 6.45) is 9.01. The smallest absolute Gasteiger partial charge is 0.147 e. The molecule has 0 radical (unpaired) electrons. The van der Waals surface area contributed by atoms with Crippen molar-refractivity contribution in [2.24, 2.45) is 5.41 Å². The van der Waals surface area contributed by atoms with Gasteiger partial charge in [-0.05, 0) is 0 Å². The Morgan fingerprint density at radius 1 is 0.604 bits per heavy atom. The second-order valence-electron chi connectivity index (χ2n) is 16.6. The van der Waals surface area contributed by atoms with Gasteiger partial charge in [-0.1, -0.05) is 0 Å². The molecule has 0 nitrogen and oxygen atoms in total. The van der Waals surface area contributed by atoms with Crippen molar-refractivity contribution in [1.29, 1.82) is 0 Å². The van der Waals surface area contributed by atoms with Crippen molar-refractivity contribution in [1.82, 2.24) is 0 Å². The Hall–Kier alpha value is -2.31. The van der Waals surface area contributed by atoms with E-state index >= 15 is 0 Å². The van der Waals surface area contributed by atoms with Crippen molar-refractivity contribution in [3.63, 3.8) is 0 Å². The Labute approximate surface area is 311 Å². The van der Waals surface area contributed by atoms with Crippen LogP contribution in [0.4, 0.5) is 0 Å². The third-order valence-corrected chi connectivity index (χ3v) is 20.1. The number of rotatable bonds is 5. The molecule has 0 saturated heterocycles. The van der Waals surface area contributed by atoms with Crippen LogP contribution in [-0.2, 0) is 32.1 Å². The maximum absolute atomic E-state index is 2.94. The summed E-state index contributed by atoms with van der Waals surface area (Å²) in [7, 11) is 0. The van der Waals surface area contributed by atoms with Crippen LogP contribution in [0.25, 0.3) is 11.1 Å². The number of fused-ring (bicyclic) bond motifs is 3. The average Bonchev–Trinajstić information content (AvgIpc) is 3.60. The van der Waals surface area contributed by atoms with E-state index in [1.807, 2.05) is 0 Å². The van der Waals surface area contributed by atoms with Crippen LogP contribution in [0.2, 0.25) is 3.12 Å². The third kappa shape index (κ3) is 7.13. The second-order valence-corrected chi connectivity index (χ2v) is 23.6. The summed E-state index contributed by atoms with van der Waals surface area (Å²) >= 11 is -2.94. The predicted octanol–water partition coefficient (Wildman–Crippen LogP) is 13.2. The van der Waals surface area contributed by atoms with Gasteiger partial charge in [0.25, 0.3) is 0 Å². The molecule has 0 aromatic heterocycles. The van der Waals surface area contributed by atoms with Crippen molar-refractivity contribution in [2.45, 2.75) is 93.2 Å². The summed E-state index contributed by atoms with van der Waals surface area (Å²) in [5.74, 6) is 0. The largest absolute Gasteiger partial charge is 0.147 e.